The maximum absolute atomic E-state index is 6.30. The molecule has 0 saturated carbocycles. The first-order chi connectivity index (χ1) is 10.3. The predicted octanol–water partition coefficient (Wildman–Crippen LogP) is 5.40. The van der Waals surface area contributed by atoms with Gasteiger partial charge in [-0.15, -0.1) is 0 Å². The number of alkyl halides is 1. The molecule has 6 heteroatoms. The van der Waals surface area contributed by atoms with Crippen LogP contribution in [0.5, 0.6) is 0 Å². The highest BCUT2D eigenvalue weighted by molar-refractivity contribution is 9.10. The van der Waals surface area contributed by atoms with Crippen LogP contribution in [0.2, 0.25) is 0 Å². The number of nitrogens with zero attached hydrogens (tertiary/aromatic N) is 1. The summed E-state index contributed by atoms with van der Waals surface area (Å²) in [4.78, 5) is 0. The van der Waals surface area contributed by atoms with Crippen LogP contribution >= 0.6 is 43.5 Å². The second-order valence-corrected chi connectivity index (χ2v) is 7.83. The molecule has 0 aromatic heterocycles. The Morgan fingerprint density at radius 1 is 1.32 bits per heavy atom. The summed E-state index contributed by atoms with van der Waals surface area (Å²) in [5.74, 6) is 0.642. The summed E-state index contributed by atoms with van der Waals surface area (Å²) in [7, 11) is 0. The lowest BCUT2D eigenvalue weighted by Gasteiger charge is -2.36. The lowest BCUT2D eigenvalue weighted by atomic mass is 10.1. The van der Waals surface area contributed by atoms with Crippen molar-refractivity contribution in [3.05, 3.63) is 57.0 Å². The summed E-state index contributed by atoms with van der Waals surface area (Å²) in [5, 5.41) is 3.36. The van der Waals surface area contributed by atoms with Gasteiger partial charge in [0.25, 0.3) is 0 Å². The Balaban J connectivity index is 2.00. The monoisotopic (exact) mass is 448 g/mol. The third-order valence-electron chi connectivity index (χ3n) is 3.19. The Kier molecular flexibility index (Phi) is 5.86. The molecule has 0 aliphatic carbocycles. The minimum Gasteiger partial charge on any atom is -0.486 e. The maximum Gasteiger partial charge on any atom is 0.157 e. The first kappa shape index (κ1) is 17.7. The molecule has 1 aliphatic rings. The van der Waals surface area contributed by atoms with Crippen molar-refractivity contribution >= 4 is 43.5 Å². The molecule has 1 aromatic carbocycles. The van der Waals surface area contributed by atoms with Crippen LogP contribution in [0.4, 0.5) is 0 Å². The number of benzene rings is 1. The topological polar surface area (TPSA) is 24.5 Å². The van der Waals surface area contributed by atoms with Gasteiger partial charge in [0.15, 0.2) is 5.76 Å². The first-order valence-corrected chi connectivity index (χ1v) is 9.20. The number of rotatable bonds is 4. The van der Waals surface area contributed by atoms with E-state index < -0.39 is 0 Å². The van der Waals surface area contributed by atoms with Gasteiger partial charge in [-0.2, -0.15) is 0 Å². The molecule has 0 atom stereocenters. The minimum atomic E-state index is -0.0570. The Morgan fingerprint density at radius 3 is 2.59 bits per heavy atom. The van der Waals surface area contributed by atoms with Crippen molar-refractivity contribution in [3.63, 3.8) is 0 Å². The number of allylic oxidation sites excluding steroid dienone is 1. The van der Waals surface area contributed by atoms with E-state index in [0.29, 0.717) is 17.4 Å². The van der Waals surface area contributed by atoms with Crippen LogP contribution in [0, 0.1) is 0 Å². The van der Waals surface area contributed by atoms with Crippen molar-refractivity contribution in [1.29, 1.82) is 0 Å². The molecular formula is C16H19Br2ClN2O. The number of hydrazine groups is 1. The third kappa shape index (κ3) is 4.43. The van der Waals surface area contributed by atoms with E-state index in [4.69, 9.17) is 16.3 Å². The van der Waals surface area contributed by atoms with Crippen LogP contribution in [0.3, 0.4) is 0 Å². The highest BCUT2D eigenvalue weighted by Crippen LogP contribution is 2.26. The molecule has 3 nitrogen and oxygen atoms in total. The van der Waals surface area contributed by atoms with Gasteiger partial charge in [0.1, 0.15) is 11.6 Å². The number of hydrogen-bond donors (Lipinski definition) is 1. The Labute approximate surface area is 153 Å². The van der Waals surface area contributed by atoms with E-state index in [0.717, 1.165) is 15.4 Å². The highest BCUT2D eigenvalue weighted by Gasteiger charge is 2.22. The van der Waals surface area contributed by atoms with Crippen LogP contribution in [0.1, 0.15) is 31.9 Å². The van der Waals surface area contributed by atoms with Crippen molar-refractivity contribution in [3.8, 4) is 0 Å². The Morgan fingerprint density at radius 2 is 2.05 bits per heavy atom. The van der Waals surface area contributed by atoms with E-state index in [1.807, 2.05) is 11.2 Å². The number of hydrogen-bond acceptors (Lipinski definition) is 3. The lowest BCUT2D eigenvalue weighted by molar-refractivity contribution is 0.141. The molecule has 120 valence electrons. The molecule has 1 aromatic rings. The molecule has 22 heavy (non-hydrogen) atoms. The largest absolute Gasteiger partial charge is 0.486 e. The molecule has 2 rings (SSSR count). The van der Waals surface area contributed by atoms with Crippen LogP contribution in [0.15, 0.2) is 45.9 Å². The van der Waals surface area contributed by atoms with E-state index in [9.17, 15) is 0 Å². The van der Waals surface area contributed by atoms with E-state index in [2.05, 4.69) is 76.3 Å². The van der Waals surface area contributed by atoms with E-state index in [-0.39, 0.29) is 5.54 Å². The zero-order valence-corrected chi connectivity index (χ0v) is 16.7. The first-order valence-electron chi connectivity index (χ1n) is 6.90. The van der Waals surface area contributed by atoms with Crippen LogP contribution < -0.4 is 5.43 Å². The van der Waals surface area contributed by atoms with Crippen molar-refractivity contribution < 1.29 is 4.74 Å². The number of halogens is 3. The van der Waals surface area contributed by atoms with Gasteiger partial charge in [-0.25, -0.2) is 0 Å². The average molecular weight is 451 g/mol. The quantitative estimate of drug-likeness (QED) is 0.622. The highest BCUT2D eigenvalue weighted by atomic mass is 79.9. The fourth-order valence-electron chi connectivity index (χ4n) is 1.86. The predicted molar refractivity (Wildman–Crippen MR) is 98.3 cm³/mol. The summed E-state index contributed by atoms with van der Waals surface area (Å²) in [6, 6.07) is 6.19. The SMILES string of the molecule is CC(C)(C)N1C=C(Cl)C(OCc2ccc(CBr)c(Br)c2)=CN1. The second-order valence-electron chi connectivity index (χ2n) is 6.00. The molecule has 0 spiro atoms. The van der Waals surface area contributed by atoms with E-state index >= 15 is 0 Å². The van der Waals surface area contributed by atoms with Gasteiger partial charge < -0.3 is 10.2 Å². The molecule has 1 heterocycles. The molecular weight excluding hydrogens is 431 g/mol. The van der Waals surface area contributed by atoms with Crippen molar-refractivity contribution in [1.82, 2.24) is 10.4 Å². The van der Waals surface area contributed by atoms with Crippen LogP contribution in [-0.2, 0) is 16.7 Å². The van der Waals surface area contributed by atoms with E-state index in [1.165, 1.54) is 5.56 Å². The smallest absolute Gasteiger partial charge is 0.157 e. The maximum atomic E-state index is 6.30. The third-order valence-corrected chi connectivity index (χ3v) is 4.82. The molecule has 0 radical (unpaired) electrons. The number of nitrogens with one attached hydrogen (secondary N) is 1. The summed E-state index contributed by atoms with van der Waals surface area (Å²) in [6.07, 6.45) is 3.64. The van der Waals surface area contributed by atoms with Crippen molar-refractivity contribution in [2.45, 2.75) is 38.2 Å². The molecule has 0 fully saturated rings. The van der Waals surface area contributed by atoms with Crippen molar-refractivity contribution in [2.24, 2.45) is 0 Å². The zero-order valence-electron chi connectivity index (χ0n) is 12.8. The Bertz CT molecular complexity index is 609. The Hall–Kier alpha value is -0.650. The summed E-state index contributed by atoms with van der Waals surface area (Å²) >= 11 is 13.3. The summed E-state index contributed by atoms with van der Waals surface area (Å²) in [6.45, 7) is 6.77. The molecule has 0 unspecified atom stereocenters. The summed E-state index contributed by atoms with van der Waals surface area (Å²) < 4.78 is 6.88. The summed E-state index contributed by atoms with van der Waals surface area (Å²) in [5.41, 5.74) is 5.41. The molecule has 1 aliphatic heterocycles. The van der Waals surface area contributed by atoms with Gasteiger partial charge in [-0.3, -0.25) is 5.01 Å². The van der Waals surface area contributed by atoms with Gasteiger partial charge in [-0.1, -0.05) is 55.6 Å². The van der Waals surface area contributed by atoms with Crippen molar-refractivity contribution in [2.75, 3.05) is 0 Å². The zero-order chi connectivity index (χ0) is 16.3. The van der Waals surface area contributed by atoms with Gasteiger partial charge in [-0.05, 0) is 38.0 Å². The molecule has 0 amide bonds. The number of ether oxygens (including phenoxy) is 1. The molecule has 0 bridgehead atoms. The van der Waals surface area contributed by atoms with Gasteiger partial charge in [0, 0.05) is 16.0 Å². The van der Waals surface area contributed by atoms with Crippen LogP contribution in [0.25, 0.3) is 0 Å². The normalized spacial score (nSPS) is 15.1. The minimum absolute atomic E-state index is 0.0570. The second kappa shape index (κ2) is 7.28. The fraction of sp³-hybridized carbons (Fsp3) is 0.375. The average Bonchev–Trinajstić information content (AvgIpc) is 2.45. The van der Waals surface area contributed by atoms with Gasteiger partial charge in [0.05, 0.1) is 11.7 Å². The molecule has 1 N–H and O–H groups in total. The molecule has 0 saturated heterocycles. The van der Waals surface area contributed by atoms with Gasteiger partial charge in [0.2, 0.25) is 0 Å². The lowest BCUT2D eigenvalue weighted by Crippen LogP contribution is -2.46. The fourth-order valence-corrected chi connectivity index (χ4v) is 3.50. The van der Waals surface area contributed by atoms with E-state index in [1.54, 1.807) is 6.20 Å². The van der Waals surface area contributed by atoms with Gasteiger partial charge >= 0.3 is 0 Å². The van der Waals surface area contributed by atoms with Crippen LogP contribution in [-0.4, -0.2) is 10.5 Å². The standard InChI is InChI=1S/C16H19Br2ClN2O/c1-16(2,3)21-9-14(19)15(8-20-21)22-10-11-4-5-12(7-17)13(18)6-11/h4-6,8-9,20H,7,10H2,1-3H3.